The fraction of sp³-hybridized carbons (Fsp3) is 0. The summed E-state index contributed by atoms with van der Waals surface area (Å²) in [6.45, 7) is 0. The van der Waals surface area contributed by atoms with Crippen LogP contribution in [0, 0.1) is 0 Å². The van der Waals surface area contributed by atoms with Crippen molar-refractivity contribution in [2.75, 3.05) is 0 Å². The highest BCUT2D eigenvalue weighted by Crippen LogP contribution is 2.29. The molecule has 0 saturated carbocycles. The second-order valence-electron chi connectivity index (χ2n) is 8.26. The van der Waals surface area contributed by atoms with Crippen molar-refractivity contribution in [2.24, 2.45) is 0 Å². The molecule has 0 bridgehead atoms. The van der Waals surface area contributed by atoms with Crippen LogP contribution in [0.5, 0.6) is 0 Å². The van der Waals surface area contributed by atoms with Gasteiger partial charge in [-0.15, -0.1) is 0 Å². The summed E-state index contributed by atoms with van der Waals surface area (Å²) in [6, 6.07) is 31.2. The Morgan fingerprint density at radius 1 is 0.471 bits per heavy atom. The van der Waals surface area contributed by atoms with E-state index in [4.69, 9.17) is 9.97 Å². The molecular formula is C29H17N5. The lowest BCUT2D eigenvalue weighted by atomic mass is 10.00. The zero-order valence-corrected chi connectivity index (χ0v) is 18.1. The van der Waals surface area contributed by atoms with E-state index in [-0.39, 0.29) is 0 Å². The number of fused-ring (bicyclic) bond motifs is 6. The third kappa shape index (κ3) is 2.98. The van der Waals surface area contributed by atoms with Crippen molar-refractivity contribution in [2.45, 2.75) is 0 Å². The summed E-state index contributed by atoms with van der Waals surface area (Å²) < 4.78 is 0. The van der Waals surface area contributed by atoms with Crippen molar-refractivity contribution in [3.63, 3.8) is 0 Å². The lowest BCUT2D eigenvalue weighted by Gasteiger charge is -2.08. The SMILES string of the molecule is c1ccc2c(c1)ccc1cc(-c3ncnc(-c4ccc5ccc6cccnc6c5n4)n3)ccc12. The molecule has 4 aromatic carbocycles. The van der Waals surface area contributed by atoms with Crippen LogP contribution in [0.15, 0.2) is 104 Å². The Bertz CT molecular complexity index is 1880. The van der Waals surface area contributed by atoms with Crippen molar-refractivity contribution < 1.29 is 0 Å². The van der Waals surface area contributed by atoms with Crippen LogP contribution in [-0.2, 0) is 0 Å². The molecular weight excluding hydrogens is 418 g/mol. The first-order valence-electron chi connectivity index (χ1n) is 11.1. The predicted molar refractivity (Wildman–Crippen MR) is 136 cm³/mol. The summed E-state index contributed by atoms with van der Waals surface area (Å²) in [7, 11) is 0. The molecule has 0 aliphatic rings. The molecule has 0 saturated heterocycles. The second kappa shape index (κ2) is 7.39. The molecule has 3 aromatic heterocycles. The van der Waals surface area contributed by atoms with E-state index in [1.807, 2.05) is 24.3 Å². The van der Waals surface area contributed by atoms with E-state index in [1.165, 1.54) is 16.2 Å². The van der Waals surface area contributed by atoms with Crippen molar-refractivity contribution in [3.8, 4) is 22.9 Å². The monoisotopic (exact) mass is 435 g/mol. The zero-order chi connectivity index (χ0) is 22.5. The first-order chi connectivity index (χ1) is 16.8. The van der Waals surface area contributed by atoms with Gasteiger partial charge in [0.1, 0.15) is 12.0 Å². The van der Waals surface area contributed by atoms with Crippen molar-refractivity contribution in [1.29, 1.82) is 0 Å². The first kappa shape index (κ1) is 18.8. The number of benzene rings is 4. The van der Waals surface area contributed by atoms with Crippen LogP contribution in [-0.4, -0.2) is 24.9 Å². The molecule has 0 N–H and O–H groups in total. The van der Waals surface area contributed by atoms with Gasteiger partial charge in [-0.05, 0) is 39.7 Å². The summed E-state index contributed by atoms with van der Waals surface area (Å²) in [5, 5.41) is 6.93. The highest BCUT2D eigenvalue weighted by Gasteiger charge is 2.11. The Balaban J connectivity index is 1.35. The van der Waals surface area contributed by atoms with Gasteiger partial charge in [0.25, 0.3) is 0 Å². The highest BCUT2D eigenvalue weighted by molar-refractivity contribution is 6.08. The van der Waals surface area contributed by atoms with Gasteiger partial charge in [-0.1, -0.05) is 72.8 Å². The smallest absolute Gasteiger partial charge is 0.181 e. The molecule has 5 heteroatoms. The summed E-state index contributed by atoms with van der Waals surface area (Å²) in [6.07, 6.45) is 3.34. The number of aromatic nitrogens is 5. The van der Waals surface area contributed by atoms with Crippen LogP contribution < -0.4 is 0 Å². The topological polar surface area (TPSA) is 64.5 Å². The zero-order valence-electron chi connectivity index (χ0n) is 18.1. The summed E-state index contributed by atoms with van der Waals surface area (Å²) in [5.74, 6) is 1.16. The number of rotatable bonds is 2. The van der Waals surface area contributed by atoms with Crippen LogP contribution in [0.1, 0.15) is 0 Å². The van der Waals surface area contributed by atoms with Crippen LogP contribution >= 0.6 is 0 Å². The van der Waals surface area contributed by atoms with E-state index in [0.29, 0.717) is 17.3 Å². The average Bonchev–Trinajstić information content (AvgIpc) is 2.92. The van der Waals surface area contributed by atoms with Gasteiger partial charge in [-0.2, -0.15) is 0 Å². The van der Waals surface area contributed by atoms with Gasteiger partial charge in [-0.25, -0.2) is 19.9 Å². The van der Waals surface area contributed by atoms with Gasteiger partial charge in [0.2, 0.25) is 0 Å². The summed E-state index contributed by atoms with van der Waals surface area (Å²) >= 11 is 0. The van der Waals surface area contributed by atoms with Crippen molar-refractivity contribution in [3.05, 3.63) is 104 Å². The predicted octanol–water partition coefficient (Wildman–Crippen LogP) is 6.61. The van der Waals surface area contributed by atoms with Crippen molar-refractivity contribution >= 4 is 43.4 Å². The molecule has 0 aliphatic carbocycles. The molecule has 3 heterocycles. The van der Waals surface area contributed by atoms with Gasteiger partial charge in [0, 0.05) is 22.5 Å². The number of nitrogens with zero attached hydrogens (tertiary/aromatic N) is 5. The number of hydrogen-bond donors (Lipinski definition) is 0. The summed E-state index contributed by atoms with van der Waals surface area (Å²) in [5.41, 5.74) is 3.36. The van der Waals surface area contributed by atoms with Gasteiger partial charge in [0.15, 0.2) is 11.6 Å². The largest absolute Gasteiger partial charge is 0.254 e. The number of pyridine rings is 2. The Morgan fingerprint density at radius 2 is 1.21 bits per heavy atom. The third-order valence-corrected chi connectivity index (χ3v) is 6.24. The van der Waals surface area contributed by atoms with Crippen molar-refractivity contribution in [1.82, 2.24) is 24.9 Å². The van der Waals surface area contributed by atoms with E-state index in [9.17, 15) is 0 Å². The van der Waals surface area contributed by atoms with Gasteiger partial charge in [-0.3, -0.25) is 4.98 Å². The van der Waals surface area contributed by atoms with E-state index in [2.05, 4.69) is 81.7 Å². The minimum Gasteiger partial charge on any atom is -0.254 e. The normalized spacial score (nSPS) is 11.5. The van der Waals surface area contributed by atoms with E-state index < -0.39 is 0 Å². The minimum absolute atomic E-state index is 0.540. The maximum atomic E-state index is 4.88. The Hall–Kier alpha value is -4.77. The standard InChI is InChI=1S/C29H17N5/c1-2-6-23-18(4-1)7-10-21-16-22(11-13-24(21)23)28-31-17-32-29(34-28)25-14-12-20-9-8-19-5-3-15-30-26(19)27(20)33-25/h1-17H. The minimum atomic E-state index is 0.540. The first-order valence-corrected chi connectivity index (χ1v) is 11.1. The number of hydrogen-bond acceptors (Lipinski definition) is 5. The molecule has 34 heavy (non-hydrogen) atoms. The second-order valence-corrected chi connectivity index (χ2v) is 8.26. The van der Waals surface area contributed by atoms with Gasteiger partial charge < -0.3 is 0 Å². The van der Waals surface area contributed by atoms with Crippen LogP contribution in [0.4, 0.5) is 0 Å². The molecule has 0 fully saturated rings. The fourth-order valence-electron chi connectivity index (χ4n) is 4.56. The van der Waals surface area contributed by atoms with Crippen LogP contribution in [0.2, 0.25) is 0 Å². The highest BCUT2D eigenvalue weighted by atomic mass is 15.0. The van der Waals surface area contributed by atoms with Gasteiger partial charge in [0.05, 0.1) is 11.0 Å². The lowest BCUT2D eigenvalue weighted by Crippen LogP contribution is -1.97. The molecule has 0 atom stereocenters. The van der Waals surface area contributed by atoms with E-state index in [1.54, 1.807) is 12.5 Å². The quantitative estimate of drug-likeness (QED) is 0.286. The lowest BCUT2D eigenvalue weighted by molar-refractivity contribution is 1.05. The van der Waals surface area contributed by atoms with Crippen LogP contribution in [0.25, 0.3) is 66.3 Å². The maximum Gasteiger partial charge on any atom is 0.181 e. The summed E-state index contributed by atoms with van der Waals surface area (Å²) in [4.78, 5) is 23.1. The fourth-order valence-corrected chi connectivity index (χ4v) is 4.56. The molecule has 0 unspecified atom stereocenters. The molecule has 7 rings (SSSR count). The van der Waals surface area contributed by atoms with E-state index >= 15 is 0 Å². The average molecular weight is 435 g/mol. The third-order valence-electron chi connectivity index (χ3n) is 6.24. The molecule has 158 valence electrons. The van der Waals surface area contributed by atoms with E-state index in [0.717, 1.165) is 32.8 Å². The Labute approximate surface area is 194 Å². The molecule has 0 aliphatic heterocycles. The van der Waals surface area contributed by atoms with Crippen LogP contribution in [0.3, 0.4) is 0 Å². The molecule has 5 nitrogen and oxygen atoms in total. The molecule has 7 aromatic rings. The molecule has 0 radical (unpaired) electrons. The maximum absolute atomic E-state index is 4.88. The Kier molecular flexibility index (Phi) is 4.08. The molecule has 0 amide bonds. The van der Waals surface area contributed by atoms with Gasteiger partial charge >= 0.3 is 0 Å². The molecule has 0 spiro atoms. The Morgan fingerprint density at radius 3 is 2.18 bits per heavy atom.